The Morgan fingerprint density at radius 2 is 1.67 bits per heavy atom. The van der Waals surface area contributed by atoms with Crippen LogP contribution in [0.1, 0.15) is 0 Å². The number of hydrogen-bond acceptors (Lipinski definition) is 7. The van der Waals surface area contributed by atoms with Crippen LogP contribution in [0.15, 0.2) is 24.3 Å². The molecule has 1 aromatic carbocycles. The number of carbonyl (C=O) groups excluding carboxylic acids is 1. The molecule has 0 saturated carbocycles. The molecule has 0 bridgehead atoms. The SMILES string of the molecule is CNC(=O)N(C)c1nc2ccccc2s1.S=C([S-])NCCNC(=S)[S-].[Na+].[Na+]. The third-order valence-electron chi connectivity index (χ3n) is 2.75. The van der Waals surface area contributed by atoms with E-state index >= 15 is 0 Å². The summed E-state index contributed by atoms with van der Waals surface area (Å²) in [5, 5.41) is 8.82. The minimum atomic E-state index is -0.158. The first-order valence-corrected chi connectivity index (χ1v) is 9.50. The third-order valence-corrected chi connectivity index (χ3v) is 4.44. The molecule has 6 nitrogen and oxygen atoms in total. The van der Waals surface area contributed by atoms with Crippen molar-refractivity contribution in [1.29, 1.82) is 0 Å². The first kappa shape index (κ1) is 29.8. The quantitative estimate of drug-likeness (QED) is 0.178. The molecule has 0 unspecified atom stereocenters. The van der Waals surface area contributed by atoms with E-state index in [0.717, 1.165) is 10.2 Å². The maximum atomic E-state index is 11.4. The summed E-state index contributed by atoms with van der Waals surface area (Å²) in [6, 6.07) is 7.67. The molecule has 3 N–H and O–H groups in total. The summed E-state index contributed by atoms with van der Waals surface area (Å²) in [5.74, 6) is 0. The Kier molecular flexibility index (Phi) is 18.1. The van der Waals surface area contributed by atoms with Crippen LogP contribution in [-0.4, -0.2) is 46.8 Å². The van der Waals surface area contributed by atoms with Crippen molar-refractivity contribution in [2.75, 3.05) is 32.1 Å². The Morgan fingerprint density at radius 3 is 2.11 bits per heavy atom. The van der Waals surface area contributed by atoms with E-state index in [1.54, 1.807) is 14.1 Å². The summed E-state index contributed by atoms with van der Waals surface area (Å²) >= 11 is 19.9. The molecule has 0 atom stereocenters. The molecule has 13 heteroatoms. The normalized spacial score (nSPS) is 8.81. The number of benzene rings is 1. The van der Waals surface area contributed by atoms with Crippen LogP contribution in [0.2, 0.25) is 0 Å². The van der Waals surface area contributed by atoms with Gasteiger partial charge in [-0.15, -0.1) is 0 Å². The maximum Gasteiger partial charge on any atom is 1.00 e. The van der Waals surface area contributed by atoms with Crippen molar-refractivity contribution in [3.63, 3.8) is 0 Å². The van der Waals surface area contributed by atoms with E-state index in [-0.39, 0.29) is 65.1 Å². The Balaban J connectivity index is 0. The van der Waals surface area contributed by atoms with Crippen LogP contribution in [0, 0.1) is 0 Å². The number of hydrogen-bond donors (Lipinski definition) is 3. The largest absolute Gasteiger partial charge is 1.00 e. The zero-order valence-electron chi connectivity index (χ0n) is 15.6. The number of nitrogens with zero attached hydrogens (tertiary/aromatic N) is 2. The number of carbonyl (C=O) groups is 1. The second kappa shape index (κ2) is 16.4. The monoisotopic (exact) mass is 477 g/mol. The second-order valence-corrected chi connectivity index (χ2v) is 7.67. The van der Waals surface area contributed by atoms with Gasteiger partial charge in [-0.25, -0.2) is 9.78 Å². The summed E-state index contributed by atoms with van der Waals surface area (Å²) in [7, 11) is 3.31. The van der Waals surface area contributed by atoms with Crippen molar-refractivity contribution in [1.82, 2.24) is 20.9 Å². The number of fused-ring (bicyclic) bond motifs is 1. The molecule has 2 aromatic rings. The van der Waals surface area contributed by atoms with E-state index in [0.29, 0.717) is 26.9 Å². The number of anilines is 1. The maximum absolute atomic E-state index is 11.4. The second-order valence-electron chi connectivity index (χ2n) is 4.51. The molecule has 136 valence electrons. The molecule has 0 aliphatic rings. The van der Waals surface area contributed by atoms with Gasteiger partial charge < -0.3 is 65.6 Å². The summed E-state index contributed by atoms with van der Waals surface area (Å²) in [6.07, 6.45) is 0. The number of amides is 2. The number of aromatic nitrogens is 1. The predicted octanol–water partition coefficient (Wildman–Crippen LogP) is -4.09. The van der Waals surface area contributed by atoms with E-state index in [9.17, 15) is 4.79 Å². The van der Waals surface area contributed by atoms with E-state index in [1.807, 2.05) is 24.3 Å². The van der Waals surface area contributed by atoms with Crippen molar-refractivity contribution in [3.05, 3.63) is 24.3 Å². The van der Waals surface area contributed by atoms with Gasteiger partial charge in [0.2, 0.25) is 0 Å². The van der Waals surface area contributed by atoms with Crippen molar-refractivity contribution in [2.24, 2.45) is 0 Å². The van der Waals surface area contributed by atoms with Crippen molar-refractivity contribution < 1.29 is 63.9 Å². The minimum Gasteiger partial charge on any atom is -0.412 e. The van der Waals surface area contributed by atoms with E-state index < -0.39 is 0 Å². The molecule has 0 aliphatic heterocycles. The standard InChI is InChI=1S/C10H11N3OS.C4H8N2S4.2Na/c1-11-9(14)13(2)10-12-7-5-3-4-6-8(7)15-10;7-3(8)5-1-2-6-4(9)10;;/h3-6H,1-2H3,(H,11,14);1-2H2,(H2,5,7,8)(H2,6,9,10);;/q;;2*+1/p-2. The van der Waals surface area contributed by atoms with Gasteiger partial charge in [0, 0.05) is 27.2 Å². The molecule has 27 heavy (non-hydrogen) atoms. The van der Waals surface area contributed by atoms with Gasteiger partial charge >= 0.3 is 65.1 Å². The van der Waals surface area contributed by atoms with E-state index in [2.05, 4.69) is 70.6 Å². The molecule has 0 radical (unpaired) electrons. The summed E-state index contributed by atoms with van der Waals surface area (Å²) < 4.78 is 1.83. The molecule has 0 fully saturated rings. The van der Waals surface area contributed by atoms with Crippen LogP contribution in [0.4, 0.5) is 9.93 Å². The fraction of sp³-hybridized carbons (Fsp3) is 0.286. The molecule has 0 spiro atoms. The minimum absolute atomic E-state index is 0. The van der Waals surface area contributed by atoms with Gasteiger partial charge in [0.25, 0.3) is 0 Å². The zero-order chi connectivity index (χ0) is 18.8. The van der Waals surface area contributed by atoms with Crippen molar-refractivity contribution in [3.8, 4) is 0 Å². The average molecular weight is 478 g/mol. The first-order chi connectivity index (χ1) is 11.8. The number of nitrogens with one attached hydrogen (secondary N) is 3. The molecule has 0 aliphatic carbocycles. The molecule has 1 aromatic heterocycles. The van der Waals surface area contributed by atoms with Gasteiger partial charge in [-0.3, -0.25) is 4.90 Å². The molecule has 2 amide bonds. The number of thiazole rings is 1. The van der Waals surface area contributed by atoms with E-state index in [4.69, 9.17) is 0 Å². The van der Waals surface area contributed by atoms with Crippen LogP contribution >= 0.6 is 35.8 Å². The van der Waals surface area contributed by atoms with E-state index in [1.165, 1.54) is 16.2 Å². The fourth-order valence-corrected chi connectivity index (χ4v) is 2.92. The molecule has 1 heterocycles. The van der Waals surface area contributed by atoms with Crippen LogP contribution in [0.5, 0.6) is 0 Å². The van der Waals surface area contributed by atoms with Gasteiger partial charge in [0.05, 0.1) is 10.2 Å². The van der Waals surface area contributed by atoms with Gasteiger partial charge in [-0.1, -0.05) is 32.1 Å². The predicted molar refractivity (Wildman–Crippen MR) is 118 cm³/mol. The number of urea groups is 1. The Bertz CT molecular complexity index is 697. The zero-order valence-corrected chi connectivity index (χ0v) is 23.7. The van der Waals surface area contributed by atoms with Crippen LogP contribution in [0.25, 0.3) is 10.2 Å². The van der Waals surface area contributed by atoms with Crippen LogP contribution in [-0.2, 0) is 25.3 Å². The molecular weight excluding hydrogens is 461 g/mol. The number of para-hydroxylation sites is 1. The van der Waals surface area contributed by atoms with Crippen molar-refractivity contribution in [2.45, 2.75) is 0 Å². The summed E-state index contributed by atoms with van der Waals surface area (Å²) in [4.78, 5) is 17.2. The molecule has 2 rings (SSSR count). The average Bonchev–Trinajstić information content (AvgIpc) is 3.01. The number of rotatable bonds is 4. The van der Waals surface area contributed by atoms with Crippen LogP contribution < -0.4 is 80.0 Å². The summed E-state index contributed by atoms with van der Waals surface area (Å²) in [5.41, 5.74) is 0.924. The topological polar surface area (TPSA) is 69.3 Å². The van der Waals surface area contributed by atoms with Gasteiger partial charge in [-0.05, 0) is 12.1 Å². The first-order valence-electron chi connectivity index (χ1n) is 7.05. The van der Waals surface area contributed by atoms with Crippen molar-refractivity contribution >= 4 is 91.1 Å². The molecular formula is C14H17N5Na2OS5. The molecule has 0 saturated heterocycles. The Morgan fingerprint density at radius 1 is 1.15 bits per heavy atom. The Hall–Kier alpha value is 0.600. The van der Waals surface area contributed by atoms with Gasteiger partial charge in [0.15, 0.2) is 5.13 Å². The Labute approximate surface area is 229 Å². The number of thiocarbonyl (C=S) groups is 2. The van der Waals surface area contributed by atoms with Gasteiger partial charge in [0.1, 0.15) is 0 Å². The third kappa shape index (κ3) is 12.0. The summed E-state index contributed by atoms with van der Waals surface area (Å²) in [6.45, 7) is 1.33. The van der Waals surface area contributed by atoms with Gasteiger partial charge in [-0.2, -0.15) is 0 Å². The smallest absolute Gasteiger partial charge is 0.412 e. The fourth-order valence-electron chi connectivity index (χ4n) is 1.59. The van der Waals surface area contributed by atoms with Crippen LogP contribution in [0.3, 0.4) is 0 Å².